The van der Waals surface area contributed by atoms with Crippen molar-refractivity contribution in [3.05, 3.63) is 48.0 Å². The fraction of sp³-hybridized carbons (Fsp3) is 0.235. The van der Waals surface area contributed by atoms with Crippen molar-refractivity contribution in [2.75, 3.05) is 13.2 Å². The van der Waals surface area contributed by atoms with Gasteiger partial charge in [0.25, 0.3) is 5.91 Å². The van der Waals surface area contributed by atoms with Crippen LogP contribution in [0.15, 0.2) is 42.5 Å². The third-order valence-electron chi connectivity index (χ3n) is 3.10. The predicted octanol–water partition coefficient (Wildman–Crippen LogP) is 2.20. The van der Waals surface area contributed by atoms with E-state index in [1.807, 2.05) is 47.8 Å². The van der Waals surface area contributed by atoms with Crippen LogP contribution in [0.1, 0.15) is 12.5 Å². The van der Waals surface area contributed by atoms with Gasteiger partial charge < -0.3 is 9.47 Å². The molecule has 0 saturated carbocycles. The number of alkyl carbamates (subject to hydrolysis) is 1. The minimum absolute atomic E-state index is 0.0496. The molecule has 0 heterocycles. The summed E-state index contributed by atoms with van der Waals surface area (Å²) in [7, 11) is 0. The Morgan fingerprint density at radius 2 is 1.74 bits per heavy atom. The number of hydrogen-bond donors (Lipinski definition) is 1. The van der Waals surface area contributed by atoms with E-state index in [0.29, 0.717) is 0 Å². The molecule has 1 N–H and O–H groups in total. The van der Waals surface area contributed by atoms with Crippen LogP contribution < -0.4 is 5.32 Å². The number of hydrogen-bond acceptors (Lipinski definition) is 5. The molecule has 6 nitrogen and oxygen atoms in total. The summed E-state index contributed by atoms with van der Waals surface area (Å²) < 4.78 is 9.43. The number of esters is 1. The van der Waals surface area contributed by atoms with E-state index in [1.54, 1.807) is 6.92 Å². The normalized spacial score (nSPS) is 10.1. The van der Waals surface area contributed by atoms with Crippen molar-refractivity contribution in [1.82, 2.24) is 5.32 Å². The van der Waals surface area contributed by atoms with E-state index in [9.17, 15) is 14.4 Å². The second kappa shape index (κ2) is 7.93. The van der Waals surface area contributed by atoms with Gasteiger partial charge in [0.15, 0.2) is 6.61 Å². The average molecular weight is 315 g/mol. The number of carbonyl (C=O) groups excluding carboxylic acids is 3. The SMILES string of the molecule is CCOC(=O)NC(=O)COC(=O)Cc1cccc2ccccc12. The lowest BCUT2D eigenvalue weighted by Crippen LogP contribution is -2.34. The molecule has 2 aromatic rings. The number of amides is 2. The fourth-order valence-corrected chi connectivity index (χ4v) is 2.12. The topological polar surface area (TPSA) is 81.7 Å². The van der Waals surface area contributed by atoms with Gasteiger partial charge in [-0.2, -0.15) is 0 Å². The Hall–Kier alpha value is -2.89. The molecule has 2 aromatic carbocycles. The van der Waals surface area contributed by atoms with E-state index in [0.717, 1.165) is 16.3 Å². The second-order valence-electron chi connectivity index (χ2n) is 4.74. The lowest BCUT2D eigenvalue weighted by atomic mass is 10.0. The Bertz CT molecular complexity index is 721. The summed E-state index contributed by atoms with van der Waals surface area (Å²) in [5.41, 5.74) is 0.818. The molecule has 2 amide bonds. The van der Waals surface area contributed by atoms with Crippen LogP contribution in [0, 0.1) is 0 Å². The van der Waals surface area contributed by atoms with Crippen LogP contribution in [0.4, 0.5) is 4.79 Å². The number of ether oxygens (including phenoxy) is 2. The first-order valence-corrected chi connectivity index (χ1v) is 7.19. The molecule has 0 aromatic heterocycles. The highest BCUT2D eigenvalue weighted by molar-refractivity contribution is 5.94. The number of imide groups is 1. The van der Waals surface area contributed by atoms with E-state index in [2.05, 4.69) is 4.74 Å². The first kappa shape index (κ1) is 16.5. The van der Waals surface area contributed by atoms with Crippen molar-refractivity contribution < 1.29 is 23.9 Å². The van der Waals surface area contributed by atoms with Gasteiger partial charge >= 0.3 is 12.1 Å². The van der Waals surface area contributed by atoms with Crippen LogP contribution in [0.25, 0.3) is 10.8 Å². The maximum absolute atomic E-state index is 11.9. The van der Waals surface area contributed by atoms with Crippen LogP contribution in [0.5, 0.6) is 0 Å². The second-order valence-corrected chi connectivity index (χ2v) is 4.74. The molecule has 0 unspecified atom stereocenters. The Labute approximate surface area is 133 Å². The summed E-state index contributed by atoms with van der Waals surface area (Å²) in [6.45, 7) is 1.25. The molecule has 23 heavy (non-hydrogen) atoms. The smallest absolute Gasteiger partial charge is 0.413 e. The van der Waals surface area contributed by atoms with Crippen molar-refractivity contribution in [3.63, 3.8) is 0 Å². The summed E-state index contributed by atoms with van der Waals surface area (Å²) in [6.07, 6.45) is -0.809. The van der Waals surface area contributed by atoms with Crippen molar-refractivity contribution in [2.45, 2.75) is 13.3 Å². The molecule has 0 spiro atoms. The number of fused-ring (bicyclic) bond motifs is 1. The van der Waals surface area contributed by atoms with Gasteiger partial charge in [0, 0.05) is 0 Å². The molecule has 2 rings (SSSR count). The summed E-state index contributed by atoms with van der Waals surface area (Å²) in [6, 6.07) is 13.3. The molecular weight excluding hydrogens is 298 g/mol. The summed E-state index contributed by atoms with van der Waals surface area (Å²) in [4.78, 5) is 34.3. The minimum atomic E-state index is -0.859. The van der Waals surface area contributed by atoms with Gasteiger partial charge in [-0.3, -0.25) is 14.9 Å². The summed E-state index contributed by atoms with van der Waals surface area (Å²) in [5, 5.41) is 3.94. The quantitative estimate of drug-likeness (QED) is 0.855. The largest absolute Gasteiger partial charge is 0.455 e. The third-order valence-corrected chi connectivity index (χ3v) is 3.10. The lowest BCUT2D eigenvalue weighted by Gasteiger charge is -2.07. The number of benzene rings is 2. The van der Waals surface area contributed by atoms with Gasteiger partial charge in [0.2, 0.25) is 0 Å². The average Bonchev–Trinajstić information content (AvgIpc) is 2.53. The first-order chi connectivity index (χ1) is 11.1. The van der Waals surface area contributed by atoms with Gasteiger partial charge in [-0.15, -0.1) is 0 Å². The number of rotatable bonds is 5. The highest BCUT2D eigenvalue weighted by atomic mass is 16.6. The van der Waals surface area contributed by atoms with Gasteiger partial charge in [0.1, 0.15) is 0 Å². The first-order valence-electron chi connectivity index (χ1n) is 7.19. The van der Waals surface area contributed by atoms with Crippen LogP contribution in [-0.2, 0) is 25.5 Å². The fourth-order valence-electron chi connectivity index (χ4n) is 2.12. The molecular formula is C17H17NO5. The standard InChI is InChI=1S/C17H17NO5/c1-2-22-17(21)18-15(19)11-23-16(20)10-13-8-5-7-12-6-3-4-9-14(12)13/h3-9H,2,10-11H2,1H3,(H,18,19,21). The predicted molar refractivity (Wildman–Crippen MR) is 83.8 cm³/mol. The Kier molecular flexibility index (Phi) is 5.68. The summed E-state index contributed by atoms with van der Waals surface area (Å²) >= 11 is 0. The molecule has 0 aliphatic carbocycles. The van der Waals surface area contributed by atoms with E-state index >= 15 is 0 Å². The minimum Gasteiger partial charge on any atom is -0.455 e. The third kappa shape index (κ3) is 4.81. The molecule has 0 aliphatic heterocycles. The van der Waals surface area contributed by atoms with E-state index in [1.165, 1.54) is 0 Å². The molecule has 6 heteroatoms. The van der Waals surface area contributed by atoms with E-state index in [-0.39, 0.29) is 13.0 Å². The number of nitrogens with one attached hydrogen (secondary N) is 1. The molecule has 0 aliphatic rings. The van der Waals surface area contributed by atoms with E-state index in [4.69, 9.17) is 4.74 Å². The van der Waals surface area contributed by atoms with Crippen LogP contribution in [0.2, 0.25) is 0 Å². The molecule has 0 atom stereocenters. The zero-order valence-corrected chi connectivity index (χ0v) is 12.7. The Morgan fingerprint density at radius 3 is 2.52 bits per heavy atom. The highest BCUT2D eigenvalue weighted by Gasteiger charge is 2.12. The van der Waals surface area contributed by atoms with Crippen molar-refractivity contribution in [2.24, 2.45) is 0 Å². The highest BCUT2D eigenvalue weighted by Crippen LogP contribution is 2.19. The molecule has 0 saturated heterocycles. The van der Waals surface area contributed by atoms with E-state index < -0.39 is 24.6 Å². The lowest BCUT2D eigenvalue weighted by molar-refractivity contribution is -0.147. The zero-order valence-electron chi connectivity index (χ0n) is 12.7. The molecule has 0 fully saturated rings. The van der Waals surface area contributed by atoms with Crippen LogP contribution in [-0.4, -0.2) is 31.2 Å². The Morgan fingerprint density at radius 1 is 1.00 bits per heavy atom. The van der Waals surface area contributed by atoms with Crippen molar-refractivity contribution in [3.8, 4) is 0 Å². The monoisotopic (exact) mass is 315 g/mol. The summed E-state index contributed by atoms with van der Waals surface area (Å²) in [5.74, 6) is -1.27. The van der Waals surface area contributed by atoms with Crippen molar-refractivity contribution >= 4 is 28.7 Å². The van der Waals surface area contributed by atoms with Gasteiger partial charge in [-0.25, -0.2) is 4.79 Å². The maximum atomic E-state index is 11.9. The molecule has 0 bridgehead atoms. The van der Waals surface area contributed by atoms with Gasteiger partial charge in [0.05, 0.1) is 13.0 Å². The molecule has 0 radical (unpaired) electrons. The number of carbonyl (C=O) groups is 3. The van der Waals surface area contributed by atoms with Gasteiger partial charge in [-0.05, 0) is 23.3 Å². The van der Waals surface area contributed by atoms with Crippen LogP contribution >= 0.6 is 0 Å². The maximum Gasteiger partial charge on any atom is 0.413 e. The zero-order chi connectivity index (χ0) is 16.7. The Balaban J connectivity index is 1.89. The van der Waals surface area contributed by atoms with Crippen LogP contribution in [0.3, 0.4) is 0 Å². The van der Waals surface area contributed by atoms with Crippen molar-refractivity contribution in [1.29, 1.82) is 0 Å². The molecule has 120 valence electrons. The van der Waals surface area contributed by atoms with Gasteiger partial charge in [-0.1, -0.05) is 42.5 Å².